The molecule has 0 aliphatic carbocycles. The third kappa shape index (κ3) is 3.93. The van der Waals surface area contributed by atoms with Crippen molar-refractivity contribution in [2.24, 2.45) is 0 Å². The summed E-state index contributed by atoms with van der Waals surface area (Å²) >= 11 is 1.79. The standard InChI is InChI=1S/C17H23N3OS/c1-14-5-9-22-16(14)11-20(10-15-4-2-3-7-19-15)13-17(21)6-8-18-12-17/h2-5,7,9,18,21H,6,8,10-13H2,1H3/t17-/m1/s1. The number of hydrogen-bond acceptors (Lipinski definition) is 5. The van der Waals surface area contributed by atoms with Crippen LogP contribution in [0.5, 0.6) is 0 Å². The van der Waals surface area contributed by atoms with Crippen LogP contribution in [0.1, 0.15) is 22.6 Å². The first-order valence-electron chi connectivity index (χ1n) is 7.73. The van der Waals surface area contributed by atoms with E-state index in [1.165, 1.54) is 10.4 Å². The lowest BCUT2D eigenvalue weighted by Gasteiger charge is -2.30. The third-order valence-corrected chi connectivity index (χ3v) is 5.19. The van der Waals surface area contributed by atoms with Gasteiger partial charge < -0.3 is 10.4 Å². The van der Waals surface area contributed by atoms with Gasteiger partial charge in [-0.25, -0.2) is 0 Å². The molecule has 22 heavy (non-hydrogen) atoms. The Balaban J connectivity index is 1.74. The van der Waals surface area contributed by atoms with Crippen molar-refractivity contribution in [1.82, 2.24) is 15.2 Å². The summed E-state index contributed by atoms with van der Waals surface area (Å²) in [6.07, 6.45) is 2.64. The highest BCUT2D eigenvalue weighted by molar-refractivity contribution is 7.10. The fraction of sp³-hybridized carbons (Fsp3) is 0.471. The largest absolute Gasteiger partial charge is 0.387 e. The van der Waals surface area contributed by atoms with Gasteiger partial charge in [0.05, 0.1) is 11.3 Å². The minimum atomic E-state index is -0.625. The van der Waals surface area contributed by atoms with E-state index in [4.69, 9.17) is 0 Å². The SMILES string of the molecule is Cc1ccsc1CN(Cc1ccccn1)C[C@@]1(O)CCNC1. The van der Waals surface area contributed by atoms with Crippen molar-refractivity contribution in [3.8, 4) is 0 Å². The number of aliphatic hydroxyl groups is 1. The van der Waals surface area contributed by atoms with Crippen LogP contribution >= 0.6 is 11.3 Å². The van der Waals surface area contributed by atoms with Crippen LogP contribution in [-0.2, 0) is 13.1 Å². The normalized spacial score (nSPS) is 21.6. The lowest BCUT2D eigenvalue weighted by molar-refractivity contribution is 0.0156. The fourth-order valence-corrected chi connectivity index (χ4v) is 3.89. The number of aromatic nitrogens is 1. The van der Waals surface area contributed by atoms with E-state index in [1.54, 1.807) is 11.3 Å². The molecule has 1 aliphatic rings. The average Bonchev–Trinajstić information content (AvgIpc) is 3.10. The van der Waals surface area contributed by atoms with Gasteiger partial charge in [-0.3, -0.25) is 9.88 Å². The lowest BCUT2D eigenvalue weighted by atomic mass is 10.0. The Morgan fingerprint density at radius 2 is 2.27 bits per heavy atom. The molecule has 1 saturated heterocycles. The van der Waals surface area contributed by atoms with E-state index < -0.39 is 5.60 Å². The van der Waals surface area contributed by atoms with Crippen molar-refractivity contribution in [3.05, 3.63) is 52.0 Å². The van der Waals surface area contributed by atoms with Gasteiger partial charge in [0.25, 0.3) is 0 Å². The third-order valence-electron chi connectivity index (χ3n) is 4.19. The molecule has 0 radical (unpaired) electrons. The van der Waals surface area contributed by atoms with Gasteiger partial charge in [-0.05, 0) is 49.0 Å². The van der Waals surface area contributed by atoms with Gasteiger partial charge in [0, 0.05) is 37.3 Å². The highest BCUT2D eigenvalue weighted by Crippen LogP contribution is 2.22. The maximum Gasteiger partial charge on any atom is 0.0909 e. The predicted molar refractivity (Wildman–Crippen MR) is 89.8 cm³/mol. The smallest absolute Gasteiger partial charge is 0.0909 e. The van der Waals surface area contributed by atoms with Crippen molar-refractivity contribution >= 4 is 11.3 Å². The van der Waals surface area contributed by atoms with Crippen LogP contribution in [0.3, 0.4) is 0 Å². The fourth-order valence-electron chi connectivity index (χ4n) is 2.94. The van der Waals surface area contributed by atoms with E-state index in [-0.39, 0.29) is 0 Å². The summed E-state index contributed by atoms with van der Waals surface area (Å²) in [5, 5.41) is 16.1. The zero-order chi connectivity index (χ0) is 15.4. The van der Waals surface area contributed by atoms with E-state index in [9.17, 15) is 5.11 Å². The molecule has 2 aromatic rings. The predicted octanol–water partition coefficient (Wildman–Crippen LogP) is 2.18. The number of hydrogen-bond donors (Lipinski definition) is 2. The summed E-state index contributed by atoms with van der Waals surface area (Å²) < 4.78 is 0. The molecule has 0 amide bonds. The number of rotatable bonds is 6. The molecule has 2 N–H and O–H groups in total. The minimum Gasteiger partial charge on any atom is -0.387 e. The Labute approximate surface area is 135 Å². The van der Waals surface area contributed by atoms with Crippen LogP contribution in [0.2, 0.25) is 0 Å². The van der Waals surface area contributed by atoms with Crippen molar-refractivity contribution in [2.75, 3.05) is 19.6 Å². The van der Waals surface area contributed by atoms with Gasteiger partial charge in [0.2, 0.25) is 0 Å². The summed E-state index contributed by atoms with van der Waals surface area (Å²) in [4.78, 5) is 8.11. The van der Waals surface area contributed by atoms with Crippen molar-refractivity contribution in [2.45, 2.75) is 32.0 Å². The molecule has 3 heterocycles. The monoisotopic (exact) mass is 317 g/mol. The van der Waals surface area contributed by atoms with Gasteiger partial charge >= 0.3 is 0 Å². The van der Waals surface area contributed by atoms with Crippen LogP contribution in [0.15, 0.2) is 35.8 Å². The number of aryl methyl sites for hydroxylation is 1. The van der Waals surface area contributed by atoms with Gasteiger partial charge in [0.1, 0.15) is 0 Å². The quantitative estimate of drug-likeness (QED) is 0.857. The second kappa shape index (κ2) is 6.87. The Morgan fingerprint density at radius 1 is 1.36 bits per heavy atom. The number of pyridine rings is 1. The Morgan fingerprint density at radius 3 is 2.91 bits per heavy atom. The first-order chi connectivity index (χ1) is 10.6. The summed E-state index contributed by atoms with van der Waals surface area (Å²) in [5.41, 5.74) is 1.75. The molecule has 1 fully saturated rings. The van der Waals surface area contributed by atoms with Crippen molar-refractivity contribution in [1.29, 1.82) is 0 Å². The molecular weight excluding hydrogens is 294 g/mol. The molecule has 0 aromatic carbocycles. The van der Waals surface area contributed by atoms with E-state index in [0.717, 1.165) is 31.7 Å². The van der Waals surface area contributed by atoms with Crippen LogP contribution in [0.25, 0.3) is 0 Å². The molecule has 1 atom stereocenters. The summed E-state index contributed by atoms with van der Waals surface area (Å²) in [7, 11) is 0. The first kappa shape index (κ1) is 15.6. The Kier molecular flexibility index (Phi) is 4.88. The van der Waals surface area contributed by atoms with E-state index >= 15 is 0 Å². The molecular formula is C17H23N3OS. The van der Waals surface area contributed by atoms with Gasteiger partial charge in [-0.15, -0.1) is 11.3 Å². The summed E-state index contributed by atoms with van der Waals surface area (Å²) in [5.74, 6) is 0. The highest BCUT2D eigenvalue weighted by atomic mass is 32.1. The van der Waals surface area contributed by atoms with Crippen LogP contribution in [-0.4, -0.2) is 40.2 Å². The van der Waals surface area contributed by atoms with Crippen LogP contribution in [0, 0.1) is 6.92 Å². The molecule has 0 unspecified atom stereocenters. The highest BCUT2D eigenvalue weighted by Gasteiger charge is 2.33. The Bertz CT molecular complexity index is 593. The number of β-amino-alcohol motifs (C(OH)–C–C–N with tert-alkyl or cyclic N) is 1. The van der Waals surface area contributed by atoms with Crippen molar-refractivity contribution in [3.63, 3.8) is 0 Å². The average molecular weight is 317 g/mol. The summed E-state index contributed by atoms with van der Waals surface area (Å²) in [6, 6.07) is 8.16. The zero-order valence-corrected chi connectivity index (χ0v) is 13.8. The van der Waals surface area contributed by atoms with Crippen molar-refractivity contribution < 1.29 is 5.11 Å². The molecule has 4 nitrogen and oxygen atoms in total. The number of nitrogens with zero attached hydrogens (tertiary/aromatic N) is 2. The zero-order valence-electron chi connectivity index (χ0n) is 13.0. The van der Waals surface area contributed by atoms with Gasteiger partial charge in [-0.2, -0.15) is 0 Å². The maximum absolute atomic E-state index is 10.7. The van der Waals surface area contributed by atoms with Gasteiger partial charge in [0.15, 0.2) is 0 Å². The molecule has 1 aliphatic heterocycles. The second-order valence-electron chi connectivity index (χ2n) is 6.14. The molecule has 5 heteroatoms. The number of nitrogens with one attached hydrogen (secondary N) is 1. The van der Waals surface area contributed by atoms with Crippen LogP contribution < -0.4 is 5.32 Å². The molecule has 0 saturated carbocycles. The van der Waals surface area contributed by atoms with E-state index in [2.05, 4.69) is 33.6 Å². The first-order valence-corrected chi connectivity index (χ1v) is 8.61. The number of thiophene rings is 1. The topological polar surface area (TPSA) is 48.4 Å². The molecule has 0 spiro atoms. The van der Waals surface area contributed by atoms with E-state index in [0.29, 0.717) is 13.1 Å². The lowest BCUT2D eigenvalue weighted by Crippen LogP contribution is -2.44. The summed E-state index contributed by atoms with van der Waals surface area (Å²) in [6.45, 7) is 6.02. The molecule has 118 valence electrons. The van der Waals surface area contributed by atoms with Crippen LogP contribution in [0.4, 0.5) is 0 Å². The maximum atomic E-state index is 10.7. The second-order valence-corrected chi connectivity index (χ2v) is 7.14. The van der Waals surface area contributed by atoms with Gasteiger partial charge in [-0.1, -0.05) is 6.07 Å². The van der Waals surface area contributed by atoms with E-state index in [1.807, 2.05) is 24.4 Å². The molecule has 3 rings (SSSR count). The molecule has 0 bridgehead atoms. The molecule has 2 aromatic heterocycles. The minimum absolute atomic E-state index is 0.625. The Hall–Kier alpha value is -1.27.